The number of carbonyl (C=O) groups excluding carboxylic acids is 1. The Morgan fingerprint density at radius 1 is 0.745 bits per heavy atom. The van der Waals surface area contributed by atoms with E-state index < -0.39 is 0 Å². The number of furan rings is 1. The average molecular weight is 855 g/mol. The first-order valence-corrected chi connectivity index (χ1v) is 18.3. The minimum Gasteiger partial charge on any atom is -0.512 e. The van der Waals surface area contributed by atoms with Gasteiger partial charge in [-0.1, -0.05) is 119 Å². The van der Waals surface area contributed by atoms with Crippen molar-refractivity contribution < 1.29 is 34.4 Å². The Balaban J connectivity index is 0.000000271. The molecule has 5 aromatic carbocycles. The van der Waals surface area contributed by atoms with Crippen LogP contribution in [0.5, 0.6) is 0 Å². The topological polar surface area (TPSA) is 63.3 Å². The molecule has 0 unspecified atom stereocenters. The van der Waals surface area contributed by atoms with Crippen LogP contribution in [0.25, 0.3) is 65.5 Å². The number of benzene rings is 5. The van der Waals surface area contributed by atoms with Crippen LogP contribution in [0.2, 0.25) is 0 Å². The SMILES string of the molecule is CC(C)Cc1[c-]c(-c2nccc3c2ccc2c4ccccc4ccc32)cc2c1oc1ccccc12.CCC(CC)C(=O)/C=C(\O)C(CC)CC.[Ir]. The van der Waals surface area contributed by atoms with Gasteiger partial charge in [0.05, 0.1) is 11.3 Å². The largest absolute Gasteiger partial charge is 0.512 e. The van der Waals surface area contributed by atoms with Gasteiger partial charge in [-0.3, -0.25) is 4.79 Å². The molecule has 0 aliphatic heterocycles. The van der Waals surface area contributed by atoms with E-state index in [1.807, 2.05) is 46.0 Å². The zero-order chi connectivity index (χ0) is 35.4. The van der Waals surface area contributed by atoms with Crippen LogP contribution in [0.1, 0.15) is 72.8 Å². The van der Waals surface area contributed by atoms with Gasteiger partial charge in [0.1, 0.15) is 5.58 Å². The molecule has 2 aromatic heterocycles. The van der Waals surface area contributed by atoms with Crippen LogP contribution in [0.15, 0.2) is 107 Å². The molecule has 51 heavy (non-hydrogen) atoms. The van der Waals surface area contributed by atoms with Crippen molar-refractivity contribution in [1.29, 1.82) is 0 Å². The van der Waals surface area contributed by atoms with Crippen molar-refractivity contribution >= 4 is 60.0 Å². The zero-order valence-corrected chi connectivity index (χ0v) is 32.9. The van der Waals surface area contributed by atoms with E-state index in [1.54, 1.807) is 0 Å². The molecule has 0 aliphatic rings. The van der Waals surface area contributed by atoms with Gasteiger partial charge in [-0.15, -0.1) is 17.7 Å². The van der Waals surface area contributed by atoms with Gasteiger partial charge in [0.2, 0.25) is 0 Å². The molecule has 0 amide bonds. The van der Waals surface area contributed by atoms with Gasteiger partial charge in [0.15, 0.2) is 5.78 Å². The summed E-state index contributed by atoms with van der Waals surface area (Å²) in [5.41, 5.74) is 4.97. The number of rotatable bonds is 10. The van der Waals surface area contributed by atoms with Gasteiger partial charge >= 0.3 is 0 Å². The summed E-state index contributed by atoms with van der Waals surface area (Å²) in [7, 11) is 0. The number of pyridine rings is 1. The summed E-state index contributed by atoms with van der Waals surface area (Å²) in [6.07, 6.45) is 7.74. The molecule has 7 rings (SSSR count). The Bertz CT molecular complexity index is 2330. The standard InChI is InChI=1S/C33H24NO.C13H24O2.Ir/c1-20(2)17-23-18-22(19-30-28-9-5-6-10-31(28)35-33(23)30)32-29-14-13-25-24-8-4-3-7-21(24)11-12-26(25)27(29)15-16-34-32;1-5-10(6-2)12(14)9-13(15)11(7-3)8-4;/h3-16,19-20H,17H2,1-2H3;9-11,14H,5-8H2,1-4H3;/q-1;;/b;12-9-;. The van der Waals surface area contributed by atoms with E-state index in [9.17, 15) is 9.90 Å². The van der Waals surface area contributed by atoms with Crippen molar-refractivity contribution in [2.24, 2.45) is 17.8 Å². The fraction of sp³-hybridized carbons (Fsp3) is 0.304. The summed E-state index contributed by atoms with van der Waals surface area (Å²) in [5, 5.41) is 19.5. The average Bonchev–Trinajstić information content (AvgIpc) is 3.51. The third-order valence-corrected chi connectivity index (χ3v) is 10.1. The van der Waals surface area contributed by atoms with E-state index in [1.165, 1.54) is 33.0 Å². The molecule has 0 bridgehead atoms. The second kappa shape index (κ2) is 16.8. The molecule has 0 aliphatic carbocycles. The number of ketones is 1. The first-order chi connectivity index (χ1) is 24.3. The van der Waals surface area contributed by atoms with Crippen molar-refractivity contribution in [3.05, 3.63) is 115 Å². The summed E-state index contributed by atoms with van der Waals surface area (Å²) in [5.74, 6) is 1.04. The van der Waals surface area contributed by atoms with Crippen molar-refractivity contribution in [2.45, 2.75) is 73.6 Å². The third-order valence-electron chi connectivity index (χ3n) is 10.1. The minimum absolute atomic E-state index is 0. The molecule has 0 atom stereocenters. The molecule has 5 heteroatoms. The molecule has 2 heterocycles. The number of para-hydroxylation sites is 1. The number of carbonyl (C=O) groups is 1. The predicted molar refractivity (Wildman–Crippen MR) is 211 cm³/mol. The van der Waals surface area contributed by atoms with Crippen LogP contribution in [0, 0.1) is 23.8 Å². The maximum Gasteiger partial charge on any atom is 0.162 e. The quantitative estimate of drug-likeness (QED) is 0.0644. The number of allylic oxidation sites excluding steroid dienone is 2. The van der Waals surface area contributed by atoms with Crippen LogP contribution in [0.4, 0.5) is 0 Å². The summed E-state index contributed by atoms with van der Waals surface area (Å²) in [6.45, 7) is 12.5. The van der Waals surface area contributed by atoms with Crippen molar-refractivity contribution in [3.8, 4) is 11.3 Å². The third kappa shape index (κ3) is 7.81. The van der Waals surface area contributed by atoms with E-state index in [4.69, 9.17) is 9.40 Å². The second-order valence-electron chi connectivity index (χ2n) is 13.8. The van der Waals surface area contributed by atoms with Gasteiger partial charge < -0.3 is 14.5 Å². The fourth-order valence-electron chi connectivity index (χ4n) is 7.26. The number of fused-ring (bicyclic) bond motifs is 8. The molecule has 0 spiro atoms. The Morgan fingerprint density at radius 2 is 1.35 bits per heavy atom. The smallest absolute Gasteiger partial charge is 0.162 e. The van der Waals surface area contributed by atoms with Gasteiger partial charge in [-0.25, -0.2) is 0 Å². The molecule has 265 valence electrons. The second-order valence-corrected chi connectivity index (χ2v) is 13.8. The van der Waals surface area contributed by atoms with Gasteiger partial charge in [0, 0.05) is 49.6 Å². The number of nitrogens with zero attached hydrogens (tertiary/aromatic N) is 1. The first-order valence-electron chi connectivity index (χ1n) is 18.3. The van der Waals surface area contributed by atoms with Crippen LogP contribution < -0.4 is 0 Å². The molecule has 0 saturated carbocycles. The van der Waals surface area contributed by atoms with Crippen LogP contribution >= 0.6 is 0 Å². The Hall–Kier alpha value is -4.31. The number of aliphatic hydroxyl groups excluding tert-OH is 1. The number of aromatic nitrogens is 1. The molecule has 0 saturated heterocycles. The molecular weight excluding hydrogens is 807 g/mol. The maximum atomic E-state index is 11.7. The van der Waals surface area contributed by atoms with Crippen molar-refractivity contribution in [2.75, 3.05) is 0 Å². The van der Waals surface area contributed by atoms with Gasteiger partial charge in [0.25, 0.3) is 0 Å². The number of aliphatic hydroxyl groups is 1. The van der Waals surface area contributed by atoms with Gasteiger partial charge in [-0.2, -0.15) is 0 Å². The number of hydrogen-bond acceptors (Lipinski definition) is 4. The Morgan fingerprint density at radius 3 is 2.06 bits per heavy atom. The van der Waals surface area contributed by atoms with E-state index in [-0.39, 0.29) is 43.5 Å². The van der Waals surface area contributed by atoms with Crippen LogP contribution in [-0.4, -0.2) is 15.9 Å². The minimum atomic E-state index is 0. The molecular formula is C46H48IrNO3-. The summed E-state index contributed by atoms with van der Waals surface area (Å²) in [6, 6.07) is 33.8. The molecule has 7 aromatic rings. The van der Waals surface area contributed by atoms with Crippen LogP contribution in [-0.2, 0) is 31.3 Å². The number of hydrogen-bond donors (Lipinski definition) is 1. The van der Waals surface area contributed by atoms with Crippen molar-refractivity contribution in [1.82, 2.24) is 4.98 Å². The van der Waals surface area contributed by atoms with E-state index >= 15 is 0 Å². The Labute approximate surface area is 315 Å². The summed E-state index contributed by atoms with van der Waals surface area (Å²) in [4.78, 5) is 16.6. The van der Waals surface area contributed by atoms with E-state index in [0.29, 0.717) is 5.92 Å². The van der Waals surface area contributed by atoms with E-state index in [0.717, 1.165) is 76.2 Å². The van der Waals surface area contributed by atoms with Gasteiger partial charge in [-0.05, 0) is 88.2 Å². The Kier molecular flexibility index (Phi) is 12.5. The van der Waals surface area contributed by atoms with Crippen molar-refractivity contribution in [3.63, 3.8) is 0 Å². The first kappa shape index (κ1) is 37.9. The fourth-order valence-corrected chi connectivity index (χ4v) is 7.26. The zero-order valence-electron chi connectivity index (χ0n) is 30.5. The summed E-state index contributed by atoms with van der Waals surface area (Å²) >= 11 is 0. The molecule has 1 radical (unpaired) electrons. The summed E-state index contributed by atoms with van der Waals surface area (Å²) < 4.78 is 6.31. The maximum absolute atomic E-state index is 11.7. The predicted octanol–water partition coefficient (Wildman–Crippen LogP) is 13.0. The van der Waals surface area contributed by atoms with Crippen LogP contribution in [0.3, 0.4) is 0 Å². The molecule has 4 nitrogen and oxygen atoms in total. The van der Waals surface area contributed by atoms with E-state index in [2.05, 4.69) is 92.7 Å². The molecule has 0 fully saturated rings. The molecule has 1 N–H and O–H groups in total. The normalized spacial score (nSPS) is 12.0. The monoisotopic (exact) mass is 855 g/mol.